The summed E-state index contributed by atoms with van der Waals surface area (Å²) in [7, 11) is -8.95. The van der Waals surface area contributed by atoms with Crippen LogP contribution in [0.2, 0.25) is 0 Å². The molecule has 13 heteroatoms. The van der Waals surface area contributed by atoms with Gasteiger partial charge in [0.15, 0.2) is 0 Å². The second-order valence-corrected chi connectivity index (χ2v) is 16.8. The van der Waals surface area contributed by atoms with Gasteiger partial charge in [-0.3, -0.25) is 4.55 Å². The maximum absolute atomic E-state index is 11.8. The van der Waals surface area contributed by atoms with Crippen LogP contribution in [0.4, 0.5) is 0 Å². The van der Waals surface area contributed by atoms with E-state index >= 15 is 0 Å². The number of ether oxygens (including phenoxy) is 2. The minimum absolute atomic E-state index is 0. The topological polar surface area (TPSA) is 173 Å². The average Bonchev–Trinajstić information content (AvgIpc) is 3.14. The average molecular weight is 851 g/mol. The molecule has 0 bridgehead atoms. The summed E-state index contributed by atoms with van der Waals surface area (Å²) in [6.45, 7) is 4.39. The van der Waals surface area contributed by atoms with Crippen LogP contribution < -0.4 is 14.6 Å². The van der Waals surface area contributed by atoms with E-state index in [9.17, 15) is 36.2 Å². The normalized spacial score (nSPS) is 11.3. The Hall–Kier alpha value is -2.84. The number of hydrogen-bond donors (Lipinski definition) is 2. The van der Waals surface area contributed by atoms with Gasteiger partial charge in [0.25, 0.3) is 10.1 Å². The molecule has 0 aliphatic heterocycles. The number of phenols is 1. The molecule has 4 rings (SSSR count). The predicted molar refractivity (Wildman–Crippen MR) is 223 cm³/mol. The second-order valence-electron chi connectivity index (χ2n) is 14.0. The van der Waals surface area contributed by atoms with Gasteiger partial charge in [0, 0.05) is 17.2 Å². The Balaban J connectivity index is 0.000000387. The molecule has 0 saturated carbocycles. The maximum Gasteiger partial charge on any atom is 2.00 e. The van der Waals surface area contributed by atoms with Crippen molar-refractivity contribution < 1.29 is 45.6 Å². The van der Waals surface area contributed by atoms with E-state index in [2.05, 4.69) is 13.8 Å². The minimum Gasteiger partial charge on any atom is -0.872 e. The molecular weight excluding hydrogens is 793 g/mol. The zero-order valence-electron chi connectivity index (χ0n) is 33.5. The van der Waals surface area contributed by atoms with Gasteiger partial charge in [-0.1, -0.05) is 134 Å². The van der Waals surface area contributed by atoms with Crippen molar-refractivity contribution in [3.63, 3.8) is 0 Å². The molecule has 0 aliphatic carbocycles. The van der Waals surface area contributed by atoms with Crippen LogP contribution >= 0.6 is 0 Å². The van der Waals surface area contributed by atoms with Gasteiger partial charge in [-0.2, -0.15) is 8.42 Å². The quantitative estimate of drug-likeness (QED) is 0.0392. The first-order valence-corrected chi connectivity index (χ1v) is 22.8. The Labute approximate surface area is 370 Å². The van der Waals surface area contributed by atoms with Crippen LogP contribution in [0, 0.1) is 0 Å². The van der Waals surface area contributed by atoms with Crippen LogP contribution in [-0.2, 0) is 33.1 Å². The molecule has 4 aromatic carbocycles. The van der Waals surface area contributed by atoms with Crippen LogP contribution in [0.25, 0.3) is 0 Å². The Morgan fingerprint density at radius 2 is 0.947 bits per heavy atom. The first-order valence-electron chi connectivity index (χ1n) is 19.9. The number of unbranched alkanes of at least 4 members (excludes halogenated alkanes) is 14. The molecule has 308 valence electrons. The van der Waals surface area contributed by atoms with Gasteiger partial charge in [0.05, 0.1) is 4.90 Å². The fourth-order valence-electron chi connectivity index (χ4n) is 6.46. The smallest absolute Gasteiger partial charge is 0.872 e. The van der Waals surface area contributed by atoms with Gasteiger partial charge in [-0.15, -0.1) is 5.75 Å². The van der Waals surface area contributed by atoms with E-state index in [1.54, 1.807) is 42.5 Å². The van der Waals surface area contributed by atoms with E-state index in [0.29, 0.717) is 47.0 Å². The molecule has 0 saturated heterocycles. The third-order valence-corrected chi connectivity index (χ3v) is 11.2. The number of benzene rings is 4. The van der Waals surface area contributed by atoms with Crippen LogP contribution in [0.5, 0.6) is 34.5 Å². The Bertz CT molecular complexity index is 1840. The second kappa shape index (κ2) is 27.0. The third-order valence-electron chi connectivity index (χ3n) is 9.37. The number of rotatable bonds is 24. The molecule has 0 spiro atoms. The Kier molecular flexibility index (Phi) is 23.8. The van der Waals surface area contributed by atoms with Gasteiger partial charge in [-0.05, 0) is 74.2 Å². The fourth-order valence-corrected chi connectivity index (χ4v) is 7.98. The van der Waals surface area contributed by atoms with Crippen molar-refractivity contribution in [2.75, 3.05) is 0 Å². The summed E-state index contributed by atoms with van der Waals surface area (Å²) >= 11 is 0. The van der Waals surface area contributed by atoms with Gasteiger partial charge in [-0.25, -0.2) is 8.42 Å². The number of aromatic hydroxyl groups is 1. The molecule has 0 unspecified atom stereocenters. The van der Waals surface area contributed by atoms with Crippen LogP contribution in [0.1, 0.15) is 128 Å². The van der Waals surface area contributed by atoms with E-state index in [4.69, 9.17) is 9.47 Å². The van der Waals surface area contributed by atoms with Crippen LogP contribution in [-0.4, -0.2) is 68.8 Å². The van der Waals surface area contributed by atoms with Gasteiger partial charge >= 0.3 is 37.7 Å². The molecule has 0 radical (unpaired) electrons. The first kappa shape index (κ1) is 50.3. The zero-order valence-corrected chi connectivity index (χ0v) is 37.3. The number of hydrogen-bond acceptors (Lipinski definition) is 9. The Morgan fingerprint density at radius 1 is 0.544 bits per heavy atom. The largest absolute Gasteiger partial charge is 2.00 e. The summed E-state index contributed by atoms with van der Waals surface area (Å²) in [5.74, 6) is 1.28. The zero-order chi connectivity index (χ0) is 40.8. The van der Waals surface area contributed by atoms with E-state index in [0.717, 1.165) is 38.5 Å². The van der Waals surface area contributed by atoms with E-state index in [1.165, 1.54) is 107 Å². The van der Waals surface area contributed by atoms with E-state index in [-0.39, 0.29) is 59.0 Å². The standard InChI is InChI=1S/2C22H30O5S.Ca/c2*1-2-3-4-5-6-7-8-9-14-20-21(15-11-16-22(20)28(24,25)26)27-19-13-10-12-18(23)17-19;/h2*10-13,15-17,23H,2-9,14H2,1H3,(H,24,25,26);/q;;+2/p-2. The molecule has 0 aliphatic rings. The minimum atomic E-state index is -4.61. The molecule has 0 amide bonds. The molecule has 57 heavy (non-hydrogen) atoms. The summed E-state index contributed by atoms with van der Waals surface area (Å²) in [6, 6.07) is 21.3. The maximum atomic E-state index is 11.8. The van der Waals surface area contributed by atoms with Crippen molar-refractivity contribution in [1.29, 1.82) is 0 Å². The molecule has 0 heterocycles. The van der Waals surface area contributed by atoms with E-state index < -0.39 is 20.2 Å². The molecule has 0 aromatic heterocycles. The van der Waals surface area contributed by atoms with Crippen LogP contribution in [0.15, 0.2) is 94.7 Å². The van der Waals surface area contributed by atoms with Gasteiger partial charge < -0.3 is 24.2 Å². The van der Waals surface area contributed by atoms with Gasteiger partial charge in [0.1, 0.15) is 43.8 Å². The van der Waals surface area contributed by atoms with Crippen molar-refractivity contribution in [3.05, 3.63) is 96.1 Å². The molecule has 10 nitrogen and oxygen atoms in total. The molecule has 0 atom stereocenters. The monoisotopic (exact) mass is 850 g/mol. The summed E-state index contributed by atoms with van der Waals surface area (Å²) < 4.78 is 79.8. The SMILES string of the molecule is CCCCCCCCCCc1c(Oc2cccc(O)c2)cccc1S(=O)(=O)O.CCCCCCCCCCc1c(Oc2cccc([O-])c2)cccc1S(=O)(=O)[O-].[Ca+2]. The van der Waals surface area contributed by atoms with Crippen molar-refractivity contribution in [3.8, 4) is 34.5 Å². The molecule has 4 aromatic rings. The summed E-state index contributed by atoms with van der Waals surface area (Å²) in [4.78, 5) is -0.362. The number of phenolic OH excluding ortho intramolecular Hbond substituents is 1. The molecular formula is C44H58CaO10S2. The fraction of sp³-hybridized carbons (Fsp3) is 0.455. The van der Waals surface area contributed by atoms with Crippen molar-refractivity contribution in [2.24, 2.45) is 0 Å². The third kappa shape index (κ3) is 19.2. The van der Waals surface area contributed by atoms with Crippen molar-refractivity contribution in [2.45, 2.75) is 139 Å². The summed E-state index contributed by atoms with van der Waals surface area (Å²) in [6.07, 6.45) is 19.0. The molecule has 2 N–H and O–H groups in total. The Morgan fingerprint density at radius 3 is 1.39 bits per heavy atom. The predicted octanol–water partition coefficient (Wildman–Crippen LogP) is 10.9. The van der Waals surface area contributed by atoms with Gasteiger partial charge in [0.2, 0.25) is 0 Å². The van der Waals surface area contributed by atoms with Crippen LogP contribution in [0.3, 0.4) is 0 Å². The van der Waals surface area contributed by atoms with E-state index in [1.807, 2.05) is 0 Å². The summed E-state index contributed by atoms with van der Waals surface area (Å²) in [5.41, 5.74) is 0.860. The van der Waals surface area contributed by atoms with Crippen molar-refractivity contribution in [1.82, 2.24) is 0 Å². The van der Waals surface area contributed by atoms with Crippen molar-refractivity contribution >= 4 is 58.0 Å². The first-order chi connectivity index (χ1) is 26.8. The molecule has 0 fully saturated rings. The summed E-state index contributed by atoms with van der Waals surface area (Å²) in [5, 5.41) is 21.1.